The van der Waals surface area contributed by atoms with Crippen molar-refractivity contribution in [2.75, 3.05) is 18.8 Å². The number of nitrogens with one attached hydrogen (secondary N) is 2. The van der Waals surface area contributed by atoms with Crippen LogP contribution in [0.5, 0.6) is 0 Å². The van der Waals surface area contributed by atoms with Crippen LogP contribution in [0, 0.1) is 17.2 Å². The Morgan fingerprint density at radius 2 is 2.38 bits per heavy atom. The number of nitriles is 1. The molecule has 1 atom stereocenters. The number of pyridine rings is 1. The molecule has 1 saturated heterocycles. The monoisotopic (exact) mass is 346 g/mol. The normalized spacial score (nSPS) is 21.9. The number of aromatic amines is 1. The van der Waals surface area contributed by atoms with Crippen molar-refractivity contribution in [2.24, 2.45) is 5.92 Å². The Labute approximate surface area is 145 Å². The van der Waals surface area contributed by atoms with Gasteiger partial charge in [-0.3, -0.25) is 4.79 Å². The second-order valence-electron chi connectivity index (χ2n) is 6.92. The summed E-state index contributed by atoms with van der Waals surface area (Å²) in [5.74, 6) is 1.64. The highest BCUT2D eigenvalue weighted by molar-refractivity contribution is 8.00. The predicted octanol–water partition coefficient (Wildman–Crippen LogP) is 1.85. The van der Waals surface area contributed by atoms with Crippen molar-refractivity contribution >= 4 is 17.8 Å². The highest BCUT2D eigenvalue weighted by Crippen LogP contribution is 2.41. The van der Waals surface area contributed by atoms with Gasteiger partial charge < -0.3 is 15.2 Å². The summed E-state index contributed by atoms with van der Waals surface area (Å²) in [5, 5.41) is 12.0. The third-order valence-electron chi connectivity index (χ3n) is 5.04. The zero-order valence-corrected chi connectivity index (χ0v) is 14.8. The maximum Gasteiger partial charge on any atom is 0.317 e. The molecular formula is C17H22N4O2S. The van der Waals surface area contributed by atoms with Crippen molar-refractivity contribution < 1.29 is 4.79 Å². The molecule has 128 valence electrons. The summed E-state index contributed by atoms with van der Waals surface area (Å²) >= 11 is 1.96. The summed E-state index contributed by atoms with van der Waals surface area (Å²) < 4.78 is 0.211. The molecule has 1 aromatic rings. The van der Waals surface area contributed by atoms with Gasteiger partial charge in [0, 0.05) is 36.5 Å². The van der Waals surface area contributed by atoms with Gasteiger partial charge in [-0.25, -0.2) is 4.79 Å². The summed E-state index contributed by atoms with van der Waals surface area (Å²) in [5.41, 5.74) is 1.43. The van der Waals surface area contributed by atoms with Gasteiger partial charge in [0.05, 0.1) is 0 Å². The van der Waals surface area contributed by atoms with E-state index in [1.807, 2.05) is 17.8 Å². The smallest absolute Gasteiger partial charge is 0.317 e. The number of carbonyl (C=O) groups excluding carboxylic acids is 1. The third kappa shape index (κ3) is 3.29. The van der Waals surface area contributed by atoms with E-state index in [0.29, 0.717) is 32.0 Å². The standard InChI is InChI=1S/C17H22N4O2S/c1-17(2)13(4-6-24-17)9-19-16(23)21-5-3-14-12(10-21)7-11(8-18)15(22)20-14/h7,13H,3-6,9-10H2,1-2H3,(H,19,23)(H,20,22). The predicted molar refractivity (Wildman–Crippen MR) is 93.9 cm³/mol. The van der Waals surface area contributed by atoms with E-state index in [4.69, 9.17) is 5.26 Å². The Balaban J connectivity index is 1.64. The zero-order chi connectivity index (χ0) is 17.3. The second kappa shape index (κ2) is 6.52. The molecule has 1 aromatic heterocycles. The van der Waals surface area contributed by atoms with Gasteiger partial charge in [-0.15, -0.1) is 0 Å². The fraction of sp³-hybridized carbons (Fsp3) is 0.588. The van der Waals surface area contributed by atoms with Crippen LogP contribution in [0.2, 0.25) is 0 Å². The van der Waals surface area contributed by atoms with Crippen LogP contribution in [0.4, 0.5) is 4.79 Å². The third-order valence-corrected chi connectivity index (χ3v) is 6.56. The van der Waals surface area contributed by atoms with Gasteiger partial charge in [0.25, 0.3) is 5.56 Å². The van der Waals surface area contributed by atoms with E-state index in [-0.39, 0.29) is 21.9 Å². The molecule has 1 fully saturated rings. The second-order valence-corrected chi connectivity index (χ2v) is 8.67. The number of aromatic nitrogens is 1. The van der Waals surface area contributed by atoms with Gasteiger partial charge in [0.15, 0.2) is 0 Å². The number of hydrogen-bond acceptors (Lipinski definition) is 4. The highest BCUT2D eigenvalue weighted by atomic mass is 32.2. The van der Waals surface area contributed by atoms with Crippen molar-refractivity contribution in [1.82, 2.24) is 15.2 Å². The van der Waals surface area contributed by atoms with Crippen molar-refractivity contribution in [3.05, 3.63) is 33.2 Å². The zero-order valence-electron chi connectivity index (χ0n) is 14.0. The molecular weight excluding hydrogens is 324 g/mol. The first-order valence-corrected chi connectivity index (χ1v) is 9.21. The van der Waals surface area contributed by atoms with Crippen LogP contribution in [-0.4, -0.2) is 39.5 Å². The van der Waals surface area contributed by atoms with Crippen LogP contribution >= 0.6 is 11.8 Å². The first kappa shape index (κ1) is 16.9. The molecule has 3 heterocycles. The number of rotatable bonds is 2. The van der Waals surface area contributed by atoms with Gasteiger partial charge in [-0.05, 0) is 29.7 Å². The Hall–Kier alpha value is -1.94. The SMILES string of the molecule is CC1(C)SCCC1CNC(=O)N1CCc2[nH]c(=O)c(C#N)cc2C1. The van der Waals surface area contributed by atoms with Crippen LogP contribution in [-0.2, 0) is 13.0 Å². The topological polar surface area (TPSA) is 89.0 Å². The summed E-state index contributed by atoms with van der Waals surface area (Å²) in [6, 6.07) is 3.43. The Bertz CT molecular complexity index is 750. The van der Waals surface area contributed by atoms with E-state index >= 15 is 0 Å². The van der Waals surface area contributed by atoms with Crippen molar-refractivity contribution in [2.45, 2.75) is 38.0 Å². The largest absolute Gasteiger partial charge is 0.338 e. The molecule has 2 aliphatic rings. The molecule has 2 aliphatic heterocycles. The highest BCUT2D eigenvalue weighted by Gasteiger charge is 2.35. The average molecular weight is 346 g/mol. The molecule has 2 N–H and O–H groups in total. The molecule has 1 unspecified atom stereocenters. The number of hydrogen-bond donors (Lipinski definition) is 2. The number of urea groups is 1. The number of fused-ring (bicyclic) bond motifs is 1. The lowest BCUT2D eigenvalue weighted by atomic mass is 9.93. The van der Waals surface area contributed by atoms with Gasteiger partial charge in [0.1, 0.15) is 11.6 Å². The summed E-state index contributed by atoms with van der Waals surface area (Å²) in [6.45, 7) is 6.16. The maximum atomic E-state index is 12.5. The van der Waals surface area contributed by atoms with E-state index in [9.17, 15) is 9.59 Å². The molecule has 2 amide bonds. The molecule has 24 heavy (non-hydrogen) atoms. The van der Waals surface area contributed by atoms with Crippen LogP contribution in [0.3, 0.4) is 0 Å². The number of H-pyrrole nitrogens is 1. The van der Waals surface area contributed by atoms with Crippen molar-refractivity contribution in [3.8, 4) is 6.07 Å². The van der Waals surface area contributed by atoms with E-state index in [0.717, 1.165) is 23.4 Å². The van der Waals surface area contributed by atoms with E-state index < -0.39 is 0 Å². The van der Waals surface area contributed by atoms with E-state index in [1.54, 1.807) is 11.0 Å². The molecule has 0 radical (unpaired) electrons. The first-order valence-electron chi connectivity index (χ1n) is 8.22. The lowest BCUT2D eigenvalue weighted by Gasteiger charge is -2.31. The average Bonchev–Trinajstić information content (AvgIpc) is 2.90. The summed E-state index contributed by atoms with van der Waals surface area (Å²) in [7, 11) is 0. The molecule has 0 bridgehead atoms. The van der Waals surface area contributed by atoms with Gasteiger partial charge >= 0.3 is 6.03 Å². The fourth-order valence-electron chi connectivity index (χ4n) is 3.36. The van der Waals surface area contributed by atoms with Crippen molar-refractivity contribution in [3.63, 3.8) is 0 Å². The Kier molecular flexibility index (Phi) is 4.59. The number of thioether (sulfide) groups is 1. The maximum absolute atomic E-state index is 12.5. The number of carbonyl (C=O) groups is 1. The van der Waals surface area contributed by atoms with Gasteiger partial charge in [-0.1, -0.05) is 13.8 Å². The Morgan fingerprint density at radius 1 is 1.58 bits per heavy atom. The molecule has 0 spiro atoms. The molecule has 0 aliphatic carbocycles. The summed E-state index contributed by atoms with van der Waals surface area (Å²) in [6.07, 6.45) is 1.74. The van der Waals surface area contributed by atoms with Crippen LogP contribution in [0.15, 0.2) is 10.9 Å². The molecule has 0 aromatic carbocycles. The summed E-state index contributed by atoms with van der Waals surface area (Å²) in [4.78, 5) is 28.6. The minimum Gasteiger partial charge on any atom is -0.338 e. The van der Waals surface area contributed by atoms with E-state index in [2.05, 4.69) is 24.1 Å². The molecule has 7 heteroatoms. The minimum absolute atomic E-state index is 0.0712. The fourth-order valence-corrected chi connectivity index (χ4v) is 4.73. The number of amides is 2. The number of nitrogens with zero attached hydrogens (tertiary/aromatic N) is 2. The minimum atomic E-state index is -0.352. The van der Waals surface area contributed by atoms with Crippen LogP contribution in [0.1, 0.15) is 37.1 Å². The molecule has 3 rings (SSSR count). The van der Waals surface area contributed by atoms with Gasteiger partial charge in [-0.2, -0.15) is 17.0 Å². The van der Waals surface area contributed by atoms with Crippen molar-refractivity contribution in [1.29, 1.82) is 5.26 Å². The quantitative estimate of drug-likeness (QED) is 0.855. The Morgan fingerprint density at radius 3 is 3.04 bits per heavy atom. The van der Waals surface area contributed by atoms with E-state index in [1.165, 1.54) is 0 Å². The lowest BCUT2D eigenvalue weighted by molar-refractivity contribution is 0.189. The van der Waals surface area contributed by atoms with Gasteiger partial charge in [0.2, 0.25) is 0 Å². The molecule has 6 nitrogen and oxygen atoms in total. The molecule has 0 saturated carbocycles. The van der Waals surface area contributed by atoms with Crippen LogP contribution in [0.25, 0.3) is 0 Å². The van der Waals surface area contributed by atoms with Crippen LogP contribution < -0.4 is 10.9 Å². The lowest BCUT2D eigenvalue weighted by Crippen LogP contribution is -2.46. The first-order chi connectivity index (χ1) is 11.4.